The van der Waals surface area contributed by atoms with Gasteiger partial charge in [0.1, 0.15) is 11.5 Å². The average Bonchev–Trinajstić information content (AvgIpc) is 2.37. The van der Waals surface area contributed by atoms with Gasteiger partial charge in [-0.15, -0.1) is 0 Å². The van der Waals surface area contributed by atoms with Crippen LogP contribution in [0.1, 0.15) is 5.56 Å². The molecule has 0 aliphatic rings. The molecule has 4 nitrogen and oxygen atoms in total. The summed E-state index contributed by atoms with van der Waals surface area (Å²) < 4.78 is 29.8. The second kappa shape index (κ2) is 4.93. The Kier molecular flexibility index (Phi) is 3.48. The number of aromatic hydroxyl groups is 1. The van der Waals surface area contributed by atoms with Crippen LogP contribution in [0.15, 0.2) is 52.3 Å². The fourth-order valence-electron chi connectivity index (χ4n) is 1.77. The van der Waals surface area contributed by atoms with E-state index in [1.807, 2.05) is 0 Å². The molecule has 2 aromatic rings. The number of methoxy groups -OCH3 is 1. The van der Waals surface area contributed by atoms with Crippen molar-refractivity contribution in [3.8, 4) is 11.5 Å². The van der Waals surface area contributed by atoms with Crippen molar-refractivity contribution in [2.45, 2.75) is 16.7 Å². The highest BCUT2D eigenvalue weighted by Crippen LogP contribution is 2.26. The van der Waals surface area contributed by atoms with E-state index in [-0.39, 0.29) is 15.5 Å². The van der Waals surface area contributed by atoms with Gasteiger partial charge in [-0.3, -0.25) is 0 Å². The van der Waals surface area contributed by atoms with E-state index in [0.29, 0.717) is 11.3 Å². The van der Waals surface area contributed by atoms with E-state index < -0.39 is 9.84 Å². The normalized spacial score (nSPS) is 11.3. The summed E-state index contributed by atoms with van der Waals surface area (Å²) >= 11 is 0. The minimum absolute atomic E-state index is 0.0629. The number of sulfone groups is 1. The molecule has 1 N–H and O–H groups in total. The van der Waals surface area contributed by atoms with Crippen LogP contribution < -0.4 is 4.74 Å². The van der Waals surface area contributed by atoms with Crippen molar-refractivity contribution in [3.05, 3.63) is 48.0 Å². The van der Waals surface area contributed by atoms with Crippen LogP contribution in [0.5, 0.6) is 11.5 Å². The number of hydrogen-bond acceptors (Lipinski definition) is 4. The van der Waals surface area contributed by atoms with E-state index in [1.165, 1.54) is 37.4 Å². The minimum atomic E-state index is -3.62. The third-order valence-electron chi connectivity index (χ3n) is 2.72. The summed E-state index contributed by atoms with van der Waals surface area (Å²) in [5, 5.41) is 9.50. The summed E-state index contributed by atoms with van der Waals surface area (Å²) in [5.41, 5.74) is 0.687. The Bertz CT molecular complexity index is 668. The molecule has 0 saturated heterocycles. The second-order valence-electron chi connectivity index (χ2n) is 4.18. The van der Waals surface area contributed by atoms with Crippen molar-refractivity contribution < 1.29 is 18.3 Å². The molecular formula is C14H14O4S. The molecule has 19 heavy (non-hydrogen) atoms. The van der Waals surface area contributed by atoms with Crippen molar-refractivity contribution in [3.63, 3.8) is 0 Å². The van der Waals surface area contributed by atoms with E-state index in [0.717, 1.165) is 0 Å². The third kappa shape index (κ3) is 2.71. The lowest BCUT2D eigenvalue weighted by atomic mass is 10.2. The maximum absolute atomic E-state index is 12.4. The smallest absolute Gasteiger partial charge is 0.206 e. The number of phenolic OH excluding ortho intramolecular Hbond substituents is 1. The van der Waals surface area contributed by atoms with Crippen LogP contribution in [0.4, 0.5) is 0 Å². The molecule has 0 bridgehead atoms. The van der Waals surface area contributed by atoms with Gasteiger partial charge in [-0.1, -0.05) is 0 Å². The van der Waals surface area contributed by atoms with Crippen LogP contribution >= 0.6 is 0 Å². The lowest BCUT2D eigenvalue weighted by Gasteiger charge is -2.07. The number of phenols is 1. The Morgan fingerprint density at radius 3 is 2.16 bits per heavy atom. The summed E-state index contributed by atoms with van der Waals surface area (Å²) in [6, 6.07) is 10.4. The summed E-state index contributed by atoms with van der Waals surface area (Å²) in [6.45, 7) is 1.73. The minimum Gasteiger partial charge on any atom is -0.508 e. The van der Waals surface area contributed by atoms with Crippen molar-refractivity contribution >= 4 is 9.84 Å². The number of benzene rings is 2. The Hall–Kier alpha value is -2.01. The first-order valence-electron chi connectivity index (χ1n) is 5.63. The summed E-state index contributed by atoms with van der Waals surface area (Å²) in [4.78, 5) is 0.244. The Labute approximate surface area is 112 Å². The van der Waals surface area contributed by atoms with Crippen LogP contribution in [-0.4, -0.2) is 20.6 Å². The Morgan fingerprint density at radius 1 is 1.00 bits per heavy atom. The second-order valence-corrected chi connectivity index (χ2v) is 6.13. The van der Waals surface area contributed by atoms with Gasteiger partial charge >= 0.3 is 0 Å². The first kappa shape index (κ1) is 13.4. The molecule has 0 saturated carbocycles. The average molecular weight is 278 g/mol. The van der Waals surface area contributed by atoms with E-state index in [9.17, 15) is 13.5 Å². The molecular weight excluding hydrogens is 264 g/mol. The first-order chi connectivity index (χ1) is 8.93. The zero-order chi connectivity index (χ0) is 14.0. The van der Waals surface area contributed by atoms with Gasteiger partial charge in [0.2, 0.25) is 9.84 Å². The van der Waals surface area contributed by atoms with Gasteiger partial charge in [0.25, 0.3) is 0 Å². The molecule has 0 aliphatic heterocycles. The molecule has 0 fully saturated rings. The van der Waals surface area contributed by atoms with E-state index in [4.69, 9.17) is 4.74 Å². The highest BCUT2D eigenvalue weighted by atomic mass is 32.2. The summed E-state index contributed by atoms with van der Waals surface area (Å²) in [6.07, 6.45) is 0. The van der Waals surface area contributed by atoms with Gasteiger partial charge < -0.3 is 9.84 Å². The van der Waals surface area contributed by atoms with Gasteiger partial charge in [-0.05, 0) is 55.0 Å². The molecule has 0 unspecified atom stereocenters. The fourth-order valence-corrected chi connectivity index (χ4v) is 3.16. The van der Waals surface area contributed by atoms with Crippen LogP contribution in [-0.2, 0) is 9.84 Å². The molecule has 5 heteroatoms. The lowest BCUT2D eigenvalue weighted by molar-refractivity contribution is 0.414. The van der Waals surface area contributed by atoms with E-state index in [1.54, 1.807) is 19.1 Å². The van der Waals surface area contributed by atoms with Crippen molar-refractivity contribution in [1.82, 2.24) is 0 Å². The predicted molar refractivity (Wildman–Crippen MR) is 71.3 cm³/mol. The molecule has 0 amide bonds. The van der Waals surface area contributed by atoms with Gasteiger partial charge in [0.05, 0.1) is 16.9 Å². The Morgan fingerprint density at radius 2 is 1.63 bits per heavy atom. The molecule has 100 valence electrons. The summed E-state index contributed by atoms with van der Waals surface area (Å²) in [5.74, 6) is 0.526. The van der Waals surface area contributed by atoms with Crippen LogP contribution in [0.25, 0.3) is 0 Å². The molecule has 0 heterocycles. The van der Waals surface area contributed by atoms with Crippen LogP contribution in [0.2, 0.25) is 0 Å². The number of hydrogen-bond donors (Lipinski definition) is 1. The van der Waals surface area contributed by atoms with Crippen LogP contribution in [0.3, 0.4) is 0 Å². The van der Waals surface area contributed by atoms with Crippen molar-refractivity contribution in [1.29, 1.82) is 0 Å². The highest BCUT2D eigenvalue weighted by Gasteiger charge is 2.18. The van der Waals surface area contributed by atoms with Gasteiger partial charge in [0, 0.05) is 0 Å². The molecule has 2 rings (SSSR count). The SMILES string of the molecule is COc1ccc(S(=O)(=O)c2cc(C)cc(O)c2)cc1. The van der Waals surface area contributed by atoms with E-state index in [2.05, 4.69) is 0 Å². The first-order valence-corrected chi connectivity index (χ1v) is 7.11. The predicted octanol–water partition coefficient (Wildman–Crippen LogP) is 2.54. The molecule has 0 aliphatic carbocycles. The third-order valence-corrected chi connectivity index (χ3v) is 4.46. The quantitative estimate of drug-likeness (QED) is 0.937. The maximum Gasteiger partial charge on any atom is 0.206 e. The molecule has 0 radical (unpaired) electrons. The zero-order valence-corrected chi connectivity index (χ0v) is 11.4. The number of rotatable bonds is 3. The Balaban J connectivity index is 2.51. The van der Waals surface area contributed by atoms with Crippen LogP contribution in [0, 0.1) is 6.92 Å². The van der Waals surface area contributed by atoms with Gasteiger partial charge in [-0.25, -0.2) is 8.42 Å². The van der Waals surface area contributed by atoms with Gasteiger partial charge in [0.15, 0.2) is 0 Å². The lowest BCUT2D eigenvalue weighted by Crippen LogP contribution is -2.02. The number of ether oxygens (including phenoxy) is 1. The maximum atomic E-state index is 12.4. The largest absolute Gasteiger partial charge is 0.508 e. The van der Waals surface area contributed by atoms with Crippen molar-refractivity contribution in [2.75, 3.05) is 7.11 Å². The van der Waals surface area contributed by atoms with E-state index >= 15 is 0 Å². The molecule has 0 atom stereocenters. The highest BCUT2D eigenvalue weighted by molar-refractivity contribution is 7.91. The zero-order valence-electron chi connectivity index (χ0n) is 10.6. The topological polar surface area (TPSA) is 63.6 Å². The van der Waals surface area contributed by atoms with Crippen molar-refractivity contribution in [2.24, 2.45) is 0 Å². The monoisotopic (exact) mass is 278 g/mol. The fraction of sp³-hybridized carbons (Fsp3) is 0.143. The molecule has 0 spiro atoms. The molecule has 0 aromatic heterocycles. The molecule has 2 aromatic carbocycles. The number of aryl methyl sites for hydroxylation is 1. The summed E-state index contributed by atoms with van der Waals surface area (Å²) in [7, 11) is -2.11. The van der Waals surface area contributed by atoms with Gasteiger partial charge in [-0.2, -0.15) is 0 Å². The standard InChI is InChI=1S/C14H14O4S/c1-10-7-11(15)9-14(8-10)19(16,17)13-5-3-12(18-2)4-6-13/h3-9,15H,1-2H3.